The van der Waals surface area contributed by atoms with Crippen LogP contribution < -0.4 is 4.98 Å². The van der Waals surface area contributed by atoms with Crippen molar-refractivity contribution in [2.75, 3.05) is 0 Å². The fourth-order valence-corrected chi connectivity index (χ4v) is 0.426. The normalized spacial score (nSPS) is 13.0. The summed E-state index contributed by atoms with van der Waals surface area (Å²) in [6.07, 6.45) is -1.16. The smallest absolute Gasteiger partial charge is 0.445 e. The Morgan fingerprint density at radius 3 is 1.56 bits per heavy atom. The molecule has 0 bridgehead atoms. The van der Waals surface area contributed by atoms with Crippen LogP contribution in [-0.2, 0) is 0 Å². The first kappa shape index (κ1) is 14.7. The Morgan fingerprint density at radius 1 is 1.00 bits per heavy atom. The average molecular weight is 256 g/mol. The van der Waals surface area contributed by atoms with Gasteiger partial charge in [0, 0.05) is 0 Å². The minimum atomic E-state index is -7.21. The number of halogens is 8. The number of rotatable bonds is 1. The van der Waals surface area contributed by atoms with Crippen molar-refractivity contribution in [2.45, 2.75) is 12.0 Å². The van der Waals surface area contributed by atoms with Gasteiger partial charge in [0.1, 0.15) is 12.4 Å². The second-order valence-corrected chi connectivity index (χ2v) is 2.51. The first-order valence-corrected chi connectivity index (χ1v) is 3.63. The van der Waals surface area contributed by atoms with Gasteiger partial charge in [-0.3, -0.25) is 9.97 Å². The van der Waals surface area contributed by atoms with Crippen LogP contribution in [0.2, 0.25) is 0 Å². The maximum Gasteiger partial charge on any atom is 0.558 e. The van der Waals surface area contributed by atoms with Gasteiger partial charge in [-0.2, -0.15) is 13.2 Å². The summed E-state index contributed by atoms with van der Waals surface area (Å²) in [5.74, 6) is -6.56. The van der Waals surface area contributed by atoms with Gasteiger partial charge in [-0.1, -0.05) is 0 Å². The van der Waals surface area contributed by atoms with Crippen LogP contribution in [0.4, 0.5) is 34.9 Å². The van der Waals surface area contributed by atoms with Crippen LogP contribution in [0.5, 0.6) is 0 Å². The van der Waals surface area contributed by atoms with E-state index in [2.05, 4.69) is 9.97 Å². The molecule has 0 saturated heterocycles. The summed E-state index contributed by atoms with van der Waals surface area (Å²) in [7, 11) is 0. The molecule has 0 atom stereocenters. The SMILES string of the molecule is F[B-](F)(F)C(F)(F)C(F)(F)F.c1c[nH+]c[nH]1. The first-order valence-electron chi connectivity index (χ1n) is 3.63. The second-order valence-electron chi connectivity index (χ2n) is 2.51. The van der Waals surface area contributed by atoms with Crippen molar-refractivity contribution >= 4 is 6.98 Å². The lowest BCUT2D eigenvalue weighted by Crippen LogP contribution is -2.53. The molecule has 0 radical (unpaired) electrons. The number of hydrogen-bond donors (Lipinski definition) is 1. The fourth-order valence-electron chi connectivity index (χ4n) is 0.426. The lowest BCUT2D eigenvalue weighted by Gasteiger charge is -2.28. The van der Waals surface area contributed by atoms with E-state index in [0.717, 1.165) is 0 Å². The zero-order valence-electron chi connectivity index (χ0n) is 7.33. The second kappa shape index (κ2) is 4.70. The highest BCUT2D eigenvalue weighted by atomic mass is 19.4. The van der Waals surface area contributed by atoms with E-state index in [9.17, 15) is 34.9 Å². The number of aromatic nitrogens is 2. The lowest BCUT2D eigenvalue weighted by molar-refractivity contribution is -0.375. The largest absolute Gasteiger partial charge is 0.558 e. The summed E-state index contributed by atoms with van der Waals surface area (Å²) in [5.41, 5.74) is 0. The number of nitrogens with one attached hydrogen (secondary N) is 2. The van der Waals surface area contributed by atoms with Gasteiger partial charge >= 0.3 is 19.0 Å². The van der Waals surface area contributed by atoms with Crippen LogP contribution in [0.3, 0.4) is 0 Å². The van der Waals surface area contributed by atoms with E-state index >= 15 is 0 Å². The third kappa shape index (κ3) is 3.70. The molecule has 0 aliphatic rings. The molecule has 0 aliphatic heterocycles. The van der Waals surface area contributed by atoms with Gasteiger partial charge in [-0.15, -0.1) is 0 Å². The molecule has 1 aromatic heterocycles. The van der Waals surface area contributed by atoms with Crippen LogP contribution in [0.25, 0.3) is 0 Å². The van der Waals surface area contributed by atoms with Crippen molar-refractivity contribution in [1.29, 1.82) is 0 Å². The molecule has 0 spiro atoms. The van der Waals surface area contributed by atoms with Gasteiger partial charge in [-0.05, 0) is 0 Å². The summed E-state index contributed by atoms with van der Waals surface area (Å²) in [5, 5.41) is 0. The predicted octanol–water partition coefficient (Wildman–Crippen LogP) is 2.40. The van der Waals surface area contributed by atoms with Gasteiger partial charge in [0.05, 0.1) is 0 Å². The van der Waals surface area contributed by atoms with E-state index in [1.807, 2.05) is 12.4 Å². The Hall–Kier alpha value is -1.29. The Bertz CT molecular complexity index is 255. The first-order chi connectivity index (χ1) is 7.00. The minimum absolute atomic E-state index is 1.75. The Balaban J connectivity index is 0.000000368. The van der Waals surface area contributed by atoms with Crippen molar-refractivity contribution in [3.8, 4) is 0 Å². The molecular formula is C5H5BF8N2. The Kier molecular flexibility index (Phi) is 4.32. The Morgan fingerprint density at radius 2 is 1.50 bits per heavy atom. The highest BCUT2D eigenvalue weighted by Gasteiger charge is 2.69. The number of hydrogen-bond acceptors (Lipinski definition) is 0. The van der Waals surface area contributed by atoms with Gasteiger partial charge < -0.3 is 12.9 Å². The number of alkyl halides is 5. The van der Waals surface area contributed by atoms with Crippen molar-refractivity contribution in [1.82, 2.24) is 4.98 Å². The van der Waals surface area contributed by atoms with E-state index in [-0.39, 0.29) is 0 Å². The summed E-state index contributed by atoms with van der Waals surface area (Å²) in [6, 6.07) is 0. The molecule has 2 N–H and O–H groups in total. The van der Waals surface area contributed by atoms with Crippen LogP contribution in [0.1, 0.15) is 0 Å². The van der Waals surface area contributed by atoms with E-state index in [1.54, 1.807) is 6.33 Å². The van der Waals surface area contributed by atoms with Crippen LogP contribution in [0, 0.1) is 0 Å². The Labute approximate surface area is 83.7 Å². The quantitative estimate of drug-likeness (QED) is 0.590. The molecule has 0 unspecified atom stereocenters. The van der Waals surface area contributed by atoms with E-state index < -0.39 is 19.0 Å². The molecule has 2 nitrogen and oxygen atoms in total. The van der Waals surface area contributed by atoms with Crippen molar-refractivity contribution in [3.05, 3.63) is 18.7 Å². The zero-order chi connectivity index (χ0) is 13.0. The van der Waals surface area contributed by atoms with Crippen LogP contribution in [0.15, 0.2) is 18.7 Å². The van der Waals surface area contributed by atoms with Gasteiger partial charge in [0.25, 0.3) is 0 Å². The van der Waals surface area contributed by atoms with Crippen molar-refractivity contribution < 1.29 is 39.9 Å². The van der Waals surface area contributed by atoms with E-state index in [1.165, 1.54) is 0 Å². The third-order valence-electron chi connectivity index (χ3n) is 1.23. The van der Waals surface area contributed by atoms with E-state index in [0.29, 0.717) is 0 Å². The molecule has 11 heteroatoms. The standard InChI is InChI=1S/C3H4N2.C2BF8/c1-2-5-3-4-1;4-1(5,2(6,7)8)3(9,10)11/h1-3H,(H,4,5);/q;-1/p+1. The van der Waals surface area contributed by atoms with E-state index in [4.69, 9.17) is 0 Å². The number of H-pyrrole nitrogens is 2. The van der Waals surface area contributed by atoms with Gasteiger partial charge in [-0.25, -0.2) is 8.78 Å². The number of imidazole rings is 1. The minimum Gasteiger partial charge on any atom is -0.445 e. The molecule has 1 rings (SSSR count). The molecule has 1 aromatic rings. The molecule has 0 fully saturated rings. The molecule has 0 saturated carbocycles. The lowest BCUT2D eigenvalue weighted by atomic mass is 9.80. The molecule has 1 heterocycles. The molecule has 94 valence electrons. The molecule has 0 aliphatic carbocycles. The van der Waals surface area contributed by atoms with Gasteiger partial charge in [0.2, 0.25) is 6.33 Å². The van der Waals surface area contributed by atoms with Crippen molar-refractivity contribution in [3.63, 3.8) is 0 Å². The van der Waals surface area contributed by atoms with Gasteiger partial charge in [0.15, 0.2) is 0 Å². The number of aromatic amines is 2. The zero-order valence-corrected chi connectivity index (χ0v) is 7.33. The summed E-state index contributed by atoms with van der Waals surface area (Å²) in [4.78, 5) is 5.61. The summed E-state index contributed by atoms with van der Waals surface area (Å²) < 4.78 is 87.8. The molecule has 0 aromatic carbocycles. The molecule has 16 heavy (non-hydrogen) atoms. The maximum atomic E-state index is 11.2. The van der Waals surface area contributed by atoms with Crippen LogP contribution in [-0.4, -0.2) is 24.0 Å². The topological polar surface area (TPSA) is 29.9 Å². The maximum absolute atomic E-state index is 11.2. The highest BCUT2D eigenvalue weighted by Crippen LogP contribution is 2.43. The highest BCUT2D eigenvalue weighted by molar-refractivity contribution is 6.61. The monoisotopic (exact) mass is 256 g/mol. The molecule has 0 amide bonds. The van der Waals surface area contributed by atoms with Crippen LogP contribution >= 0.6 is 0 Å². The average Bonchev–Trinajstić information content (AvgIpc) is 2.55. The third-order valence-corrected chi connectivity index (χ3v) is 1.23. The van der Waals surface area contributed by atoms with Crippen molar-refractivity contribution in [2.24, 2.45) is 0 Å². The predicted molar refractivity (Wildman–Crippen MR) is 37.4 cm³/mol. The molecular weight excluding hydrogens is 251 g/mol. The summed E-state index contributed by atoms with van der Waals surface area (Å²) in [6.45, 7) is -7.21. The fraction of sp³-hybridized carbons (Fsp3) is 0.400. The summed E-state index contributed by atoms with van der Waals surface area (Å²) >= 11 is 0.